The predicted molar refractivity (Wildman–Crippen MR) is 87.1 cm³/mol. The number of rotatable bonds is 3. The molecule has 2 nitrogen and oxygen atoms in total. The molecule has 3 aromatic rings. The van der Waals surface area contributed by atoms with Gasteiger partial charge in [-0.2, -0.15) is 0 Å². The minimum Gasteiger partial charge on any atom is -0.329 e. The molecule has 0 radical (unpaired) electrons. The standard InChI is InChI=1S/C16H15ClN2S/c1-2-11-6-8-12(9-7-11)10-19-14-5-3-4-13(17)15(14)18-16(19)20/h3-9H,2,10H2,1H3,(H,18,20). The second kappa shape index (κ2) is 5.43. The lowest BCUT2D eigenvalue weighted by Gasteiger charge is -2.06. The maximum absolute atomic E-state index is 6.19. The Morgan fingerprint density at radius 2 is 1.80 bits per heavy atom. The molecule has 0 atom stereocenters. The van der Waals surface area contributed by atoms with Gasteiger partial charge >= 0.3 is 0 Å². The number of imidazole rings is 1. The van der Waals surface area contributed by atoms with Crippen LogP contribution in [0, 0.1) is 4.77 Å². The van der Waals surface area contributed by atoms with Gasteiger partial charge < -0.3 is 9.55 Å². The number of fused-ring (bicyclic) bond motifs is 1. The number of aryl methyl sites for hydroxylation is 1. The van der Waals surface area contributed by atoms with Crippen LogP contribution >= 0.6 is 23.8 Å². The van der Waals surface area contributed by atoms with Crippen LogP contribution in [0.5, 0.6) is 0 Å². The summed E-state index contributed by atoms with van der Waals surface area (Å²) in [5, 5.41) is 0.702. The van der Waals surface area contributed by atoms with Crippen LogP contribution in [0.3, 0.4) is 0 Å². The lowest BCUT2D eigenvalue weighted by Crippen LogP contribution is -1.99. The first-order valence-corrected chi connectivity index (χ1v) is 7.42. The number of benzene rings is 2. The molecule has 0 aliphatic rings. The Morgan fingerprint density at radius 1 is 1.10 bits per heavy atom. The van der Waals surface area contributed by atoms with Crippen LogP contribution in [0.25, 0.3) is 11.0 Å². The van der Waals surface area contributed by atoms with E-state index in [0.717, 1.165) is 24.0 Å². The topological polar surface area (TPSA) is 20.7 Å². The fourth-order valence-electron chi connectivity index (χ4n) is 2.37. The maximum Gasteiger partial charge on any atom is 0.178 e. The molecule has 1 heterocycles. The molecule has 2 aromatic carbocycles. The molecule has 3 rings (SSSR count). The van der Waals surface area contributed by atoms with Crippen molar-refractivity contribution in [2.45, 2.75) is 19.9 Å². The van der Waals surface area contributed by atoms with Crippen molar-refractivity contribution in [1.29, 1.82) is 0 Å². The van der Waals surface area contributed by atoms with Crippen LogP contribution in [0.2, 0.25) is 5.02 Å². The van der Waals surface area contributed by atoms with Crippen LogP contribution in [-0.2, 0) is 13.0 Å². The van der Waals surface area contributed by atoms with Crippen LogP contribution in [-0.4, -0.2) is 9.55 Å². The van der Waals surface area contributed by atoms with E-state index in [9.17, 15) is 0 Å². The lowest BCUT2D eigenvalue weighted by atomic mass is 10.1. The van der Waals surface area contributed by atoms with Crippen molar-refractivity contribution >= 4 is 34.9 Å². The molecule has 20 heavy (non-hydrogen) atoms. The summed E-state index contributed by atoms with van der Waals surface area (Å²) in [7, 11) is 0. The summed E-state index contributed by atoms with van der Waals surface area (Å²) in [6, 6.07) is 14.5. The molecule has 0 spiro atoms. The zero-order valence-electron chi connectivity index (χ0n) is 11.2. The van der Waals surface area contributed by atoms with E-state index in [0.29, 0.717) is 9.79 Å². The molecule has 0 fully saturated rings. The summed E-state index contributed by atoms with van der Waals surface area (Å²) < 4.78 is 2.78. The van der Waals surface area contributed by atoms with Crippen molar-refractivity contribution in [2.75, 3.05) is 0 Å². The Balaban J connectivity index is 2.04. The SMILES string of the molecule is CCc1ccc(Cn2c(=S)[nH]c3c(Cl)cccc32)cc1. The highest BCUT2D eigenvalue weighted by molar-refractivity contribution is 7.71. The van der Waals surface area contributed by atoms with Crippen molar-refractivity contribution in [3.63, 3.8) is 0 Å². The van der Waals surface area contributed by atoms with Crippen LogP contribution in [0.15, 0.2) is 42.5 Å². The number of para-hydroxylation sites is 1. The highest BCUT2D eigenvalue weighted by Gasteiger charge is 2.07. The van der Waals surface area contributed by atoms with E-state index in [4.69, 9.17) is 23.8 Å². The van der Waals surface area contributed by atoms with Gasteiger partial charge in [0.05, 0.1) is 22.6 Å². The Hall–Kier alpha value is -1.58. The molecule has 102 valence electrons. The zero-order valence-corrected chi connectivity index (χ0v) is 12.8. The number of halogens is 1. The highest BCUT2D eigenvalue weighted by atomic mass is 35.5. The Kier molecular flexibility index (Phi) is 3.64. The number of H-pyrrole nitrogens is 1. The van der Waals surface area contributed by atoms with Crippen molar-refractivity contribution in [1.82, 2.24) is 9.55 Å². The van der Waals surface area contributed by atoms with Crippen molar-refractivity contribution in [3.8, 4) is 0 Å². The van der Waals surface area contributed by atoms with Gasteiger partial charge in [0.1, 0.15) is 0 Å². The number of aromatic nitrogens is 2. The molecule has 0 unspecified atom stereocenters. The third-order valence-corrected chi connectivity index (χ3v) is 4.17. The van der Waals surface area contributed by atoms with Gasteiger partial charge in [0.15, 0.2) is 4.77 Å². The molecule has 0 saturated heterocycles. The van der Waals surface area contributed by atoms with Gasteiger partial charge in [-0.15, -0.1) is 0 Å². The van der Waals surface area contributed by atoms with Crippen molar-refractivity contribution in [3.05, 3.63) is 63.4 Å². The smallest absolute Gasteiger partial charge is 0.178 e. The first kappa shape index (κ1) is 13.4. The number of nitrogens with one attached hydrogen (secondary N) is 1. The first-order chi connectivity index (χ1) is 9.69. The fraction of sp³-hybridized carbons (Fsp3) is 0.188. The third-order valence-electron chi connectivity index (χ3n) is 3.53. The van der Waals surface area contributed by atoms with Crippen molar-refractivity contribution in [2.24, 2.45) is 0 Å². The van der Waals surface area contributed by atoms with E-state index in [1.165, 1.54) is 11.1 Å². The average molecular weight is 303 g/mol. The van der Waals surface area contributed by atoms with Crippen LogP contribution in [0.4, 0.5) is 0 Å². The molecule has 0 saturated carbocycles. The second-order valence-electron chi connectivity index (χ2n) is 4.82. The van der Waals surface area contributed by atoms with Gasteiger partial charge in [-0.1, -0.05) is 48.9 Å². The average Bonchev–Trinajstić information content (AvgIpc) is 2.78. The maximum atomic E-state index is 6.19. The molecule has 1 aromatic heterocycles. The molecule has 0 aliphatic carbocycles. The van der Waals surface area contributed by atoms with E-state index in [1.807, 2.05) is 18.2 Å². The molecule has 0 aliphatic heterocycles. The molecule has 0 amide bonds. The summed E-state index contributed by atoms with van der Waals surface area (Å²) >= 11 is 11.6. The van der Waals surface area contributed by atoms with Crippen molar-refractivity contribution < 1.29 is 0 Å². The summed E-state index contributed by atoms with van der Waals surface area (Å²) in [5.41, 5.74) is 4.53. The first-order valence-electron chi connectivity index (χ1n) is 6.64. The van der Waals surface area contributed by atoms with Crippen LogP contribution in [0.1, 0.15) is 18.1 Å². The number of aromatic amines is 1. The molecule has 0 bridgehead atoms. The highest BCUT2D eigenvalue weighted by Crippen LogP contribution is 2.23. The van der Waals surface area contributed by atoms with Gasteiger partial charge in [-0.25, -0.2) is 0 Å². The minimum atomic E-state index is 0.702. The van der Waals surface area contributed by atoms with Gasteiger partial charge in [0, 0.05) is 0 Å². The number of nitrogens with zero attached hydrogens (tertiary/aromatic N) is 1. The Labute approximate surface area is 128 Å². The monoisotopic (exact) mass is 302 g/mol. The zero-order chi connectivity index (χ0) is 14.1. The quantitative estimate of drug-likeness (QED) is 0.678. The Bertz CT molecular complexity index is 799. The van der Waals surface area contributed by atoms with Gasteiger partial charge in [0.25, 0.3) is 0 Å². The van der Waals surface area contributed by atoms with Gasteiger partial charge in [-0.05, 0) is 41.9 Å². The summed E-state index contributed by atoms with van der Waals surface area (Å²) in [6.45, 7) is 2.91. The van der Waals surface area contributed by atoms with E-state index in [1.54, 1.807) is 0 Å². The van der Waals surface area contributed by atoms with E-state index in [2.05, 4.69) is 40.7 Å². The normalized spacial score (nSPS) is 11.1. The van der Waals surface area contributed by atoms with E-state index in [-0.39, 0.29) is 0 Å². The summed E-state index contributed by atoms with van der Waals surface area (Å²) in [6.07, 6.45) is 1.06. The summed E-state index contributed by atoms with van der Waals surface area (Å²) in [5.74, 6) is 0. The predicted octanol–water partition coefficient (Wildman–Crippen LogP) is 4.96. The van der Waals surface area contributed by atoms with Gasteiger partial charge in [-0.3, -0.25) is 0 Å². The second-order valence-corrected chi connectivity index (χ2v) is 5.61. The van der Waals surface area contributed by atoms with E-state index >= 15 is 0 Å². The van der Waals surface area contributed by atoms with Gasteiger partial charge in [0.2, 0.25) is 0 Å². The molecule has 1 N–H and O–H groups in total. The molecular formula is C16H15ClN2S. The third kappa shape index (κ3) is 2.39. The van der Waals surface area contributed by atoms with E-state index < -0.39 is 0 Å². The number of hydrogen-bond donors (Lipinski definition) is 1. The lowest BCUT2D eigenvalue weighted by molar-refractivity contribution is 0.810. The molecular weight excluding hydrogens is 288 g/mol. The van der Waals surface area contributed by atoms with Crippen LogP contribution < -0.4 is 0 Å². The number of hydrogen-bond acceptors (Lipinski definition) is 1. The fourth-order valence-corrected chi connectivity index (χ4v) is 2.85. The summed E-state index contributed by atoms with van der Waals surface area (Å²) in [4.78, 5) is 3.18. The Morgan fingerprint density at radius 3 is 2.50 bits per heavy atom. The minimum absolute atomic E-state index is 0.702. The molecule has 4 heteroatoms. The largest absolute Gasteiger partial charge is 0.329 e.